The molecule has 0 aliphatic carbocycles. The summed E-state index contributed by atoms with van der Waals surface area (Å²) in [6.07, 6.45) is -0.418. The number of hydrogen-bond acceptors (Lipinski definition) is 1. The average molecular weight is 199 g/mol. The summed E-state index contributed by atoms with van der Waals surface area (Å²) in [6.45, 7) is 5.92. The number of aliphatic hydroxyl groups is 1. The molecule has 0 saturated carbocycles. The van der Waals surface area contributed by atoms with Crippen LogP contribution in [0.15, 0.2) is 18.2 Å². The summed E-state index contributed by atoms with van der Waals surface area (Å²) in [5, 5.41) is 10.6. The van der Waals surface area contributed by atoms with E-state index in [9.17, 15) is 5.11 Å². The van der Waals surface area contributed by atoms with Crippen LogP contribution >= 0.6 is 11.6 Å². The number of benzene rings is 1. The van der Waals surface area contributed by atoms with Crippen LogP contribution in [0.2, 0.25) is 5.02 Å². The zero-order valence-corrected chi connectivity index (χ0v) is 8.97. The lowest BCUT2D eigenvalue weighted by Crippen LogP contribution is -2.07. The maximum atomic E-state index is 9.84. The van der Waals surface area contributed by atoms with E-state index in [-0.39, 0.29) is 5.92 Å². The molecule has 0 aliphatic rings. The summed E-state index contributed by atoms with van der Waals surface area (Å²) in [7, 11) is 0. The maximum absolute atomic E-state index is 9.84. The van der Waals surface area contributed by atoms with Crippen LogP contribution in [0.5, 0.6) is 0 Å². The summed E-state index contributed by atoms with van der Waals surface area (Å²) in [5.74, 6) is 0.220. The Kier molecular flexibility index (Phi) is 3.34. The van der Waals surface area contributed by atoms with Gasteiger partial charge >= 0.3 is 0 Å². The van der Waals surface area contributed by atoms with Gasteiger partial charge in [0.05, 0.1) is 6.10 Å². The van der Waals surface area contributed by atoms with Crippen molar-refractivity contribution >= 4 is 11.6 Å². The van der Waals surface area contributed by atoms with E-state index in [1.54, 1.807) is 0 Å². The molecule has 1 nitrogen and oxygen atoms in total. The number of halogens is 1. The third-order valence-electron chi connectivity index (χ3n) is 2.26. The Morgan fingerprint density at radius 3 is 2.46 bits per heavy atom. The molecule has 0 aliphatic heterocycles. The fraction of sp³-hybridized carbons (Fsp3) is 0.455. The second-order valence-electron chi connectivity index (χ2n) is 3.64. The largest absolute Gasteiger partial charge is 0.388 e. The molecule has 1 aromatic carbocycles. The lowest BCUT2D eigenvalue weighted by molar-refractivity contribution is 0.126. The topological polar surface area (TPSA) is 20.2 Å². The standard InChI is InChI=1S/C11H15ClO/c1-7(2)11(13)9-5-4-6-10(12)8(9)3/h4-7,11,13H,1-3H3. The van der Waals surface area contributed by atoms with Crippen molar-refractivity contribution in [2.24, 2.45) is 5.92 Å². The van der Waals surface area contributed by atoms with Gasteiger partial charge in [-0.3, -0.25) is 0 Å². The number of aliphatic hydroxyl groups excluding tert-OH is 1. The highest BCUT2D eigenvalue weighted by Crippen LogP contribution is 2.28. The van der Waals surface area contributed by atoms with E-state index in [1.165, 1.54) is 0 Å². The van der Waals surface area contributed by atoms with Crippen molar-refractivity contribution in [3.8, 4) is 0 Å². The van der Waals surface area contributed by atoms with E-state index in [4.69, 9.17) is 11.6 Å². The Hall–Kier alpha value is -0.530. The zero-order valence-electron chi connectivity index (χ0n) is 8.21. The van der Waals surface area contributed by atoms with Gasteiger partial charge in [-0.05, 0) is 30.0 Å². The van der Waals surface area contributed by atoms with Crippen LogP contribution in [0.3, 0.4) is 0 Å². The SMILES string of the molecule is Cc1c(Cl)cccc1C(O)C(C)C. The van der Waals surface area contributed by atoms with E-state index in [1.807, 2.05) is 39.0 Å². The fourth-order valence-electron chi connectivity index (χ4n) is 1.30. The van der Waals surface area contributed by atoms with Crippen molar-refractivity contribution in [2.75, 3.05) is 0 Å². The van der Waals surface area contributed by atoms with E-state index >= 15 is 0 Å². The summed E-state index contributed by atoms with van der Waals surface area (Å²) in [4.78, 5) is 0. The Labute approximate surface area is 84.4 Å². The van der Waals surface area contributed by atoms with Crippen molar-refractivity contribution in [1.29, 1.82) is 0 Å². The van der Waals surface area contributed by atoms with Gasteiger partial charge in [0, 0.05) is 5.02 Å². The molecular formula is C11H15ClO. The second kappa shape index (κ2) is 4.12. The molecule has 72 valence electrons. The minimum Gasteiger partial charge on any atom is -0.388 e. The van der Waals surface area contributed by atoms with Gasteiger partial charge in [0.15, 0.2) is 0 Å². The number of hydrogen-bond donors (Lipinski definition) is 1. The Balaban J connectivity index is 3.07. The summed E-state index contributed by atoms with van der Waals surface area (Å²) in [5.41, 5.74) is 1.91. The molecule has 0 saturated heterocycles. The molecule has 0 heterocycles. The first kappa shape index (κ1) is 10.6. The monoisotopic (exact) mass is 198 g/mol. The van der Waals surface area contributed by atoms with Crippen molar-refractivity contribution in [2.45, 2.75) is 26.9 Å². The number of rotatable bonds is 2. The quantitative estimate of drug-likeness (QED) is 0.773. The van der Waals surface area contributed by atoms with E-state index < -0.39 is 6.10 Å². The third-order valence-corrected chi connectivity index (χ3v) is 2.67. The Bertz CT molecular complexity index is 294. The molecule has 0 aromatic heterocycles. The zero-order chi connectivity index (χ0) is 10.0. The van der Waals surface area contributed by atoms with E-state index in [2.05, 4.69) is 0 Å². The van der Waals surface area contributed by atoms with Crippen molar-refractivity contribution in [3.05, 3.63) is 34.3 Å². The molecule has 0 bridgehead atoms. The molecule has 0 amide bonds. The highest BCUT2D eigenvalue weighted by Gasteiger charge is 2.14. The Morgan fingerprint density at radius 1 is 1.31 bits per heavy atom. The molecule has 2 heteroatoms. The predicted octanol–water partition coefficient (Wildman–Crippen LogP) is 3.34. The highest BCUT2D eigenvalue weighted by molar-refractivity contribution is 6.31. The predicted molar refractivity (Wildman–Crippen MR) is 56.0 cm³/mol. The van der Waals surface area contributed by atoms with Crippen molar-refractivity contribution < 1.29 is 5.11 Å². The molecular weight excluding hydrogens is 184 g/mol. The molecule has 13 heavy (non-hydrogen) atoms. The molecule has 1 unspecified atom stereocenters. The van der Waals surface area contributed by atoms with Crippen molar-refractivity contribution in [3.63, 3.8) is 0 Å². The van der Waals surface area contributed by atoms with Crippen LogP contribution in [-0.2, 0) is 0 Å². The first-order valence-electron chi connectivity index (χ1n) is 4.47. The normalized spacial score (nSPS) is 13.4. The van der Waals surface area contributed by atoms with Gasteiger partial charge in [-0.15, -0.1) is 0 Å². The molecule has 0 radical (unpaired) electrons. The van der Waals surface area contributed by atoms with Gasteiger partial charge in [0.1, 0.15) is 0 Å². The molecule has 1 atom stereocenters. The summed E-state index contributed by atoms with van der Waals surface area (Å²) >= 11 is 5.95. The highest BCUT2D eigenvalue weighted by atomic mass is 35.5. The first-order chi connectivity index (χ1) is 6.04. The molecule has 0 fully saturated rings. The summed E-state index contributed by atoms with van der Waals surface area (Å²) < 4.78 is 0. The van der Waals surface area contributed by atoms with Gasteiger partial charge in [-0.1, -0.05) is 37.6 Å². The lowest BCUT2D eigenvalue weighted by Gasteiger charge is -2.17. The van der Waals surface area contributed by atoms with Gasteiger partial charge in [0.2, 0.25) is 0 Å². The first-order valence-corrected chi connectivity index (χ1v) is 4.85. The van der Waals surface area contributed by atoms with Crippen LogP contribution in [0, 0.1) is 12.8 Å². The molecule has 1 rings (SSSR count). The van der Waals surface area contributed by atoms with Gasteiger partial charge < -0.3 is 5.11 Å². The van der Waals surface area contributed by atoms with Crippen LogP contribution in [0.1, 0.15) is 31.1 Å². The smallest absolute Gasteiger partial charge is 0.0816 e. The molecule has 1 N–H and O–H groups in total. The lowest BCUT2D eigenvalue weighted by atomic mass is 9.95. The third kappa shape index (κ3) is 2.23. The Morgan fingerprint density at radius 2 is 1.92 bits per heavy atom. The second-order valence-corrected chi connectivity index (χ2v) is 4.05. The van der Waals surface area contributed by atoms with Gasteiger partial charge in [-0.2, -0.15) is 0 Å². The minimum atomic E-state index is -0.418. The van der Waals surface area contributed by atoms with Crippen LogP contribution in [0.25, 0.3) is 0 Å². The van der Waals surface area contributed by atoms with Crippen LogP contribution < -0.4 is 0 Å². The van der Waals surface area contributed by atoms with Crippen LogP contribution in [0.4, 0.5) is 0 Å². The van der Waals surface area contributed by atoms with E-state index in [0.717, 1.165) is 16.1 Å². The van der Waals surface area contributed by atoms with Crippen molar-refractivity contribution in [1.82, 2.24) is 0 Å². The molecule has 0 spiro atoms. The summed E-state index contributed by atoms with van der Waals surface area (Å²) in [6, 6.07) is 5.63. The minimum absolute atomic E-state index is 0.220. The van der Waals surface area contributed by atoms with Crippen LogP contribution in [-0.4, -0.2) is 5.11 Å². The van der Waals surface area contributed by atoms with E-state index in [0.29, 0.717) is 0 Å². The maximum Gasteiger partial charge on any atom is 0.0816 e. The van der Waals surface area contributed by atoms with Gasteiger partial charge in [-0.25, -0.2) is 0 Å². The van der Waals surface area contributed by atoms with Gasteiger partial charge in [0.25, 0.3) is 0 Å². The molecule has 1 aromatic rings. The average Bonchev–Trinajstić information content (AvgIpc) is 2.08. The fourth-order valence-corrected chi connectivity index (χ4v) is 1.49.